The van der Waals surface area contributed by atoms with Gasteiger partial charge in [-0.25, -0.2) is 4.99 Å². The molecule has 0 spiro atoms. The lowest BCUT2D eigenvalue weighted by atomic mass is 10.00. The van der Waals surface area contributed by atoms with Crippen LogP contribution in [0.3, 0.4) is 0 Å². The van der Waals surface area contributed by atoms with Gasteiger partial charge in [0.25, 0.3) is 0 Å². The maximum Gasteiger partial charge on any atom is 0.246 e. The Morgan fingerprint density at radius 1 is 1.06 bits per heavy atom. The lowest BCUT2D eigenvalue weighted by Gasteiger charge is -2.40. The fraction of sp³-hybridized carbons (Fsp3) is 0.407. The maximum absolute atomic E-state index is 13.5. The summed E-state index contributed by atoms with van der Waals surface area (Å²) in [5.74, 6) is -0.922. The Morgan fingerprint density at radius 3 is 2.31 bits per heavy atom. The van der Waals surface area contributed by atoms with Crippen LogP contribution < -0.4 is 16.8 Å². The van der Waals surface area contributed by atoms with E-state index in [-0.39, 0.29) is 30.9 Å². The quantitative estimate of drug-likeness (QED) is 0.304. The average Bonchev–Trinajstić information content (AvgIpc) is 2.85. The van der Waals surface area contributed by atoms with Crippen LogP contribution in [0.25, 0.3) is 0 Å². The molecule has 5 N–H and O–H groups in total. The molecule has 1 aliphatic rings. The number of nitrogens with one attached hydrogen (secondary N) is 1. The van der Waals surface area contributed by atoms with E-state index in [1.807, 2.05) is 55.5 Å². The third-order valence-electron chi connectivity index (χ3n) is 6.14. The van der Waals surface area contributed by atoms with E-state index in [9.17, 15) is 14.4 Å². The molecule has 9 heteroatoms. The first-order valence-electron chi connectivity index (χ1n) is 12.4. The minimum absolute atomic E-state index is 0.0432. The van der Waals surface area contributed by atoms with Crippen molar-refractivity contribution in [1.29, 1.82) is 0 Å². The molecule has 2 aromatic carbocycles. The van der Waals surface area contributed by atoms with Crippen LogP contribution >= 0.6 is 0 Å². The van der Waals surface area contributed by atoms with Gasteiger partial charge in [-0.2, -0.15) is 0 Å². The predicted octanol–water partition coefficient (Wildman–Crippen LogP) is 1.42. The van der Waals surface area contributed by atoms with E-state index in [1.165, 1.54) is 10.5 Å². The minimum atomic E-state index is -0.760. The first-order valence-corrected chi connectivity index (χ1v) is 12.4. The van der Waals surface area contributed by atoms with Crippen LogP contribution in [0.1, 0.15) is 37.3 Å². The molecule has 192 valence electrons. The second-order valence-electron chi connectivity index (χ2n) is 9.00. The molecule has 0 aromatic heterocycles. The highest BCUT2D eigenvalue weighted by molar-refractivity contribution is 5.97. The van der Waals surface area contributed by atoms with E-state index >= 15 is 0 Å². The van der Waals surface area contributed by atoms with Crippen molar-refractivity contribution in [3.63, 3.8) is 0 Å². The van der Waals surface area contributed by atoms with Gasteiger partial charge in [-0.05, 0) is 30.4 Å². The molecule has 1 aliphatic heterocycles. The fourth-order valence-corrected chi connectivity index (χ4v) is 4.40. The second kappa shape index (κ2) is 13.3. The van der Waals surface area contributed by atoms with Crippen molar-refractivity contribution < 1.29 is 14.4 Å². The monoisotopic (exact) mass is 492 g/mol. The minimum Gasteiger partial charge on any atom is -0.370 e. The van der Waals surface area contributed by atoms with Crippen LogP contribution in [-0.4, -0.2) is 65.3 Å². The fourth-order valence-electron chi connectivity index (χ4n) is 4.40. The summed E-state index contributed by atoms with van der Waals surface area (Å²) < 4.78 is 0. The van der Waals surface area contributed by atoms with E-state index in [0.29, 0.717) is 19.4 Å². The molecule has 9 nitrogen and oxygen atoms in total. The summed E-state index contributed by atoms with van der Waals surface area (Å²) in [5, 5.41) is 2.77. The highest BCUT2D eigenvalue weighted by Gasteiger charge is 2.40. The number of carbonyl (C=O) groups excluding carboxylic acids is 3. The molecule has 36 heavy (non-hydrogen) atoms. The Hall–Kier alpha value is -3.88. The van der Waals surface area contributed by atoms with Crippen molar-refractivity contribution >= 4 is 23.7 Å². The smallest absolute Gasteiger partial charge is 0.246 e. The number of aryl methyl sites for hydroxylation is 1. The molecule has 1 unspecified atom stereocenters. The topological polar surface area (TPSA) is 134 Å². The van der Waals surface area contributed by atoms with Crippen LogP contribution in [0.15, 0.2) is 65.7 Å². The summed E-state index contributed by atoms with van der Waals surface area (Å²) in [5.41, 5.74) is 13.1. The first-order chi connectivity index (χ1) is 17.4. The SMILES string of the molecule is CCCC(N=C(N)N)NC(=O)CN1C(=O)CN(CCCc2ccccc2)C(=O)[C@H]1Cc1ccccc1. The van der Waals surface area contributed by atoms with Gasteiger partial charge in [0.2, 0.25) is 17.7 Å². The Labute approximate surface area is 212 Å². The lowest BCUT2D eigenvalue weighted by molar-refractivity contribution is -0.157. The molecule has 1 heterocycles. The molecule has 2 aromatic rings. The Bertz CT molecular complexity index is 1040. The summed E-state index contributed by atoms with van der Waals surface area (Å²) in [6.07, 6.45) is 2.64. The van der Waals surface area contributed by atoms with Gasteiger partial charge in [-0.15, -0.1) is 0 Å². The van der Waals surface area contributed by atoms with Crippen molar-refractivity contribution in [3.8, 4) is 0 Å². The number of benzene rings is 2. The van der Waals surface area contributed by atoms with Crippen LogP contribution in [0.5, 0.6) is 0 Å². The second-order valence-corrected chi connectivity index (χ2v) is 9.00. The Morgan fingerprint density at radius 2 is 1.69 bits per heavy atom. The van der Waals surface area contributed by atoms with Gasteiger partial charge >= 0.3 is 0 Å². The third-order valence-corrected chi connectivity index (χ3v) is 6.14. The standard InChI is InChI=1S/C27H36N6O3/c1-2-10-23(31-27(28)29)30-24(34)18-33-22(17-21-13-7-4-8-14-21)26(36)32(19-25(33)35)16-9-15-20-11-5-3-6-12-20/h3-8,11-14,22-23H,2,9-10,15-19H2,1H3,(H,30,34)(H4,28,29,31)/t22-,23?/m1/s1. The van der Waals surface area contributed by atoms with E-state index < -0.39 is 18.1 Å². The van der Waals surface area contributed by atoms with Gasteiger partial charge in [0.15, 0.2) is 5.96 Å². The number of hydrogen-bond donors (Lipinski definition) is 3. The zero-order valence-corrected chi connectivity index (χ0v) is 20.8. The van der Waals surface area contributed by atoms with E-state index in [4.69, 9.17) is 11.5 Å². The van der Waals surface area contributed by atoms with E-state index in [2.05, 4.69) is 22.4 Å². The zero-order valence-electron chi connectivity index (χ0n) is 20.8. The van der Waals surface area contributed by atoms with E-state index in [1.54, 1.807) is 4.90 Å². The van der Waals surface area contributed by atoms with Crippen LogP contribution in [0.2, 0.25) is 0 Å². The molecule has 3 amide bonds. The number of carbonyl (C=O) groups is 3. The molecule has 1 saturated heterocycles. The highest BCUT2D eigenvalue weighted by Crippen LogP contribution is 2.18. The normalized spacial score (nSPS) is 16.5. The molecular weight excluding hydrogens is 456 g/mol. The number of amides is 3. The van der Waals surface area contributed by atoms with Gasteiger partial charge in [-0.1, -0.05) is 74.0 Å². The van der Waals surface area contributed by atoms with Crippen molar-refractivity contribution in [2.24, 2.45) is 16.5 Å². The Kier molecular flexibility index (Phi) is 9.85. The molecule has 0 bridgehead atoms. The number of guanidine groups is 1. The van der Waals surface area contributed by atoms with Gasteiger partial charge < -0.3 is 26.6 Å². The van der Waals surface area contributed by atoms with Crippen molar-refractivity contribution in [3.05, 3.63) is 71.8 Å². The number of rotatable bonds is 12. The first kappa shape index (κ1) is 26.7. The molecule has 3 rings (SSSR count). The summed E-state index contributed by atoms with van der Waals surface area (Å²) in [6.45, 7) is 2.16. The average molecular weight is 493 g/mol. The van der Waals surface area contributed by atoms with Gasteiger partial charge in [0, 0.05) is 13.0 Å². The van der Waals surface area contributed by atoms with Crippen molar-refractivity contribution in [1.82, 2.24) is 15.1 Å². The van der Waals surface area contributed by atoms with Crippen LogP contribution in [-0.2, 0) is 27.2 Å². The molecular formula is C27H36N6O3. The number of aliphatic imine (C=N–C) groups is 1. The van der Waals surface area contributed by atoms with Crippen LogP contribution in [0.4, 0.5) is 0 Å². The van der Waals surface area contributed by atoms with Crippen molar-refractivity contribution in [2.75, 3.05) is 19.6 Å². The van der Waals surface area contributed by atoms with Crippen molar-refractivity contribution in [2.45, 2.75) is 51.2 Å². The van der Waals surface area contributed by atoms with Gasteiger partial charge in [-0.3, -0.25) is 14.4 Å². The molecule has 0 aliphatic carbocycles. The summed E-state index contributed by atoms with van der Waals surface area (Å²) in [7, 11) is 0. The molecule has 0 saturated carbocycles. The third kappa shape index (κ3) is 7.83. The van der Waals surface area contributed by atoms with Crippen LogP contribution in [0, 0.1) is 0 Å². The molecule has 1 fully saturated rings. The largest absolute Gasteiger partial charge is 0.370 e. The predicted molar refractivity (Wildman–Crippen MR) is 140 cm³/mol. The number of nitrogens with zero attached hydrogens (tertiary/aromatic N) is 3. The van der Waals surface area contributed by atoms with Gasteiger partial charge in [0.1, 0.15) is 18.8 Å². The number of hydrogen-bond acceptors (Lipinski definition) is 4. The lowest BCUT2D eigenvalue weighted by Crippen LogP contribution is -2.62. The van der Waals surface area contributed by atoms with Gasteiger partial charge in [0.05, 0.1) is 6.54 Å². The van der Waals surface area contributed by atoms with E-state index in [0.717, 1.165) is 24.8 Å². The molecule has 0 radical (unpaired) electrons. The summed E-state index contributed by atoms with van der Waals surface area (Å²) in [6, 6.07) is 18.8. The maximum atomic E-state index is 13.5. The summed E-state index contributed by atoms with van der Waals surface area (Å²) >= 11 is 0. The zero-order chi connectivity index (χ0) is 25.9. The highest BCUT2D eigenvalue weighted by atomic mass is 16.2. The summed E-state index contributed by atoms with van der Waals surface area (Å²) in [4.78, 5) is 46.6. The number of piperazine rings is 1. The number of nitrogens with two attached hydrogens (primary N) is 2. The Balaban J connectivity index is 1.71. The molecule has 2 atom stereocenters.